The van der Waals surface area contributed by atoms with Crippen molar-refractivity contribution in [1.29, 1.82) is 0 Å². The van der Waals surface area contributed by atoms with E-state index in [1.807, 2.05) is 11.3 Å². The first-order valence-electron chi connectivity index (χ1n) is 8.09. The minimum Gasteiger partial charge on any atom is -0.310 e. The van der Waals surface area contributed by atoms with Gasteiger partial charge in [0, 0.05) is 10.7 Å². The second-order valence-corrected chi connectivity index (χ2v) is 7.33. The van der Waals surface area contributed by atoms with E-state index < -0.39 is 0 Å². The Morgan fingerprint density at radius 2 is 2.00 bits per heavy atom. The summed E-state index contributed by atoms with van der Waals surface area (Å²) in [6, 6.07) is 9.68. The number of rotatable bonds is 4. The monoisotopic (exact) mass is 285 g/mol. The van der Waals surface area contributed by atoms with Crippen LogP contribution in [0.3, 0.4) is 0 Å². The van der Waals surface area contributed by atoms with Crippen molar-refractivity contribution < 1.29 is 0 Å². The molecule has 0 spiro atoms. The molecule has 0 saturated heterocycles. The summed E-state index contributed by atoms with van der Waals surface area (Å²) in [6.07, 6.45) is 5.86. The summed E-state index contributed by atoms with van der Waals surface area (Å²) < 4.78 is 1.50. The van der Waals surface area contributed by atoms with E-state index in [0.717, 1.165) is 24.3 Å². The number of hydrogen-bond donors (Lipinski definition) is 1. The van der Waals surface area contributed by atoms with E-state index in [1.165, 1.54) is 35.8 Å². The third-order valence-electron chi connectivity index (χ3n) is 5.38. The van der Waals surface area contributed by atoms with Gasteiger partial charge in [0.1, 0.15) is 0 Å². The molecule has 2 aliphatic rings. The molecular weight excluding hydrogens is 262 g/mol. The van der Waals surface area contributed by atoms with Crippen LogP contribution in [0.15, 0.2) is 29.6 Å². The van der Waals surface area contributed by atoms with Crippen LogP contribution in [0.2, 0.25) is 0 Å². The van der Waals surface area contributed by atoms with Gasteiger partial charge in [-0.2, -0.15) is 0 Å². The minimum absolute atomic E-state index is 0.579. The molecule has 2 heteroatoms. The third kappa shape index (κ3) is 2.01. The molecule has 0 bridgehead atoms. The van der Waals surface area contributed by atoms with Crippen molar-refractivity contribution in [3.8, 4) is 0 Å². The maximum absolute atomic E-state index is 3.81. The number of hydrogen-bond acceptors (Lipinski definition) is 2. The topological polar surface area (TPSA) is 12.0 Å². The van der Waals surface area contributed by atoms with Crippen LogP contribution < -0.4 is 5.32 Å². The predicted molar refractivity (Wildman–Crippen MR) is 87.2 cm³/mol. The number of nitrogens with one attached hydrogen (secondary N) is 1. The lowest BCUT2D eigenvalue weighted by Crippen LogP contribution is -2.24. The second kappa shape index (κ2) is 5.16. The zero-order chi connectivity index (χ0) is 13.5. The summed E-state index contributed by atoms with van der Waals surface area (Å²) in [7, 11) is 0. The average Bonchev–Trinajstić information content (AvgIpc) is 2.99. The van der Waals surface area contributed by atoms with Crippen molar-refractivity contribution in [3.05, 3.63) is 35.2 Å². The van der Waals surface area contributed by atoms with Crippen molar-refractivity contribution in [3.63, 3.8) is 0 Å². The smallest absolute Gasteiger partial charge is 0.0390 e. The molecule has 4 rings (SSSR count). The summed E-state index contributed by atoms with van der Waals surface area (Å²) in [6.45, 7) is 3.32. The quantitative estimate of drug-likeness (QED) is 0.834. The lowest BCUT2D eigenvalue weighted by molar-refractivity contribution is 0.460. The zero-order valence-electron chi connectivity index (χ0n) is 12.1. The Bertz CT molecular complexity index is 590. The molecule has 1 N–H and O–H groups in total. The molecule has 0 radical (unpaired) electrons. The predicted octanol–water partition coefficient (Wildman–Crippen LogP) is 4.99. The fourth-order valence-corrected chi connectivity index (χ4v) is 5.43. The van der Waals surface area contributed by atoms with Gasteiger partial charge in [0.05, 0.1) is 0 Å². The molecule has 106 valence electrons. The molecule has 2 saturated carbocycles. The molecule has 0 amide bonds. The normalized spacial score (nSPS) is 30.1. The molecule has 2 fully saturated rings. The van der Waals surface area contributed by atoms with Gasteiger partial charge in [-0.05, 0) is 59.5 Å². The van der Waals surface area contributed by atoms with Gasteiger partial charge in [-0.15, -0.1) is 11.3 Å². The molecule has 1 nitrogen and oxygen atoms in total. The van der Waals surface area contributed by atoms with E-state index in [1.54, 1.807) is 5.56 Å². The lowest BCUT2D eigenvalue weighted by atomic mass is 9.98. The number of fused-ring (bicyclic) bond motifs is 2. The Kier molecular flexibility index (Phi) is 3.31. The third-order valence-corrected chi connectivity index (χ3v) is 6.36. The van der Waals surface area contributed by atoms with Crippen LogP contribution in [0.25, 0.3) is 10.1 Å². The molecule has 2 aliphatic carbocycles. The van der Waals surface area contributed by atoms with Crippen LogP contribution in [0.4, 0.5) is 0 Å². The van der Waals surface area contributed by atoms with Crippen LogP contribution in [0.1, 0.15) is 44.2 Å². The van der Waals surface area contributed by atoms with E-state index in [2.05, 4.69) is 41.9 Å². The highest BCUT2D eigenvalue weighted by molar-refractivity contribution is 7.17. The van der Waals surface area contributed by atoms with Gasteiger partial charge in [0.15, 0.2) is 0 Å². The summed E-state index contributed by atoms with van der Waals surface area (Å²) in [5, 5.41) is 7.45. The summed E-state index contributed by atoms with van der Waals surface area (Å²) >= 11 is 1.91. The molecule has 1 heterocycles. The molecular formula is C18H23NS. The van der Waals surface area contributed by atoms with Crippen LogP contribution in [0.5, 0.6) is 0 Å². The first kappa shape index (κ1) is 12.8. The largest absolute Gasteiger partial charge is 0.310 e. The standard InChI is InChI=1S/C18H23NS/c1-2-19-17(16-13-7-3-4-8-14(13)16)15-9-5-6-12-10-11-20-18(12)15/h5-6,9-11,13-14,16-17,19H,2-4,7-8H2,1H3. The van der Waals surface area contributed by atoms with Gasteiger partial charge < -0.3 is 5.32 Å². The van der Waals surface area contributed by atoms with Crippen LogP contribution in [0, 0.1) is 17.8 Å². The number of benzene rings is 1. The highest BCUT2D eigenvalue weighted by atomic mass is 32.1. The molecule has 20 heavy (non-hydrogen) atoms. The van der Waals surface area contributed by atoms with E-state index in [-0.39, 0.29) is 0 Å². The maximum atomic E-state index is 3.81. The minimum atomic E-state index is 0.579. The van der Waals surface area contributed by atoms with Gasteiger partial charge in [0.25, 0.3) is 0 Å². The van der Waals surface area contributed by atoms with Crippen LogP contribution in [-0.4, -0.2) is 6.54 Å². The first-order valence-corrected chi connectivity index (χ1v) is 8.97. The van der Waals surface area contributed by atoms with Gasteiger partial charge in [-0.1, -0.05) is 38.0 Å². The van der Waals surface area contributed by atoms with E-state index in [4.69, 9.17) is 0 Å². The Morgan fingerprint density at radius 3 is 2.75 bits per heavy atom. The SMILES string of the molecule is CCNC(c1cccc2ccsc12)C1C2CCCCC21. The summed E-state index contributed by atoms with van der Waals surface area (Å²) in [5.74, 6) is 2.90. The zero-order valence-corrected chi connectivity index (χ0v) is 13.0. The fraction of sp³-hybridized carbons (Fsp3) is 0.556. The van der Waals surface area contributed by atoms with Gasteiger partial charge in [0.2, 0.25) is 0 Å². The van der Waals surface area contributed by atoms with Gasteiger partial charge >= 0.3 is 0 Å². The molecule has 3 atom stereocenters. The number of thiophene rings is 1. The Morgan fingerprint density at radius 1 is 1.20 bits per heavy atom. The fourth-order valence-electron chi connectivity index (χ4n) is 4.48. The summed E-state index contributed by atoms with van der Waals surface area (Å²) in [4.78, 5) is 0. The Balaban J connectivity index is 1.70. The highest BCUT2D eigenvalue weighted by Gasteiger charge is 2.54. The molecule has 3 unspecified atom stereocenters. The maximum Gasteiger partial charge on any atom is 0.0390 e. The molecule has 1 aromatic heterocycles. The first-order chi connectivity index (χ1) is 9.90. The molecule has 2 aromatic rings. The second-order valence-electron chi connectivity index (χ2n) is 6.41. The Labute approximate surface area is 125 Å². The molecule has 0 aliphatic heterocycles. The van der Waals surface area contributed by atoms with Crippen molar-refractivity contribution in [2.75, 3.05) is 6.54 Å². The van der Waals surface area contributed by atoms with Crippen molar-refractivity contribution >= 4 is 21.4 Å². The van der Waals surface area contributed by atoms with E-state index in [9.17, 15) is 0 Å². The van der Waals surface area contributed by atoms with E-state index in [0.29, 0.717) is 6.04 Å². The molecule has 1 aromatic carbocycles. The van der Waals surface area contributed by atoms with Crippen molar-refractivity contribution in [1.82, 2.24) is 5.32 Å². The van der Waals surface area contributed by atoms with Crippen LogP contribution >= 0.6 is 11.3 Å². The van der Waals surface area contributed by atoms with Crippen LogP contribution in [-0.2, 0) is 0 Å². The van der Waals surface area contributed by atoms with E-state index >= 15 is 0 Å². The van der Waals surface area contributed by atoms with Gasteiger partial charge in [-0.3, -0.25) is 0 Å². The van der Waals surface area contributed by atoms with Crippen molar-refractivity contribution in [2.24, 2.45) is 17.8 Å². The average molecular weight is 285 g/mol. The lowest BCUT2D eigenvalue weighted by Gasteiger charge is -2.20. The van der Waals surface area contributed by atoms with Crippen molar-refractivity contribution in [2.45, 2.75) is 38.6 Å². The Hall–Kier alpha value is -0.860. The summed E-state index contributed by atoms with van der Waals surface area (Å²) in [5.41, 5.74) is 1.55. The van der Waals surface area contributed by atoms with Gasteiger partial charge in [-0.25, -0.2) is 0 Å². The highest BCUT2D eigenvalue weighted by Crippen LogP contribution is 2.60.